The van der Waals surface area contributed by atoms with Gasteiger partial charge in [0.15, 0.2) is 0 Å². The highest BCUT2D eigenvalue weighted by molar-refractivity contribution is 5.82. The van der Waals surface area contributed by atoms with Crippen LogP contribution in [0.5, 0.6) is 0 Å². The summed E-state index contributed by atoms with van der Waals surface area (Å²) >= 11 is 0. The lowest BCUT2D eigenvalue weighted by molar-refractivity contribution is -0.128. The van der Waals surface area contributed by atoms with Crippen LogP contribution in [0, 0.1) is 5.92 Å². The zero-order valence-electron chi connectivity index (χ0n) is 8.61. The second-order valence-electron chi connectivity index (χ2n) is 3.55. The van der Waals surface area contributed by atoms with E-state index in [2.05, 4.69) is 10.5 Å². The Kier molecular flexibility index (Phi) is 4.89. The molecule has 6 nitrogen and oxygen atoms in total. The second-order valence-corrected chi connectivity index (χ2v) is 3.55. The molecule has 6 heteroatoms. The van der Waals surface area contributed by atoms with Crippen LogP contribution in [0.15, 0.2) is 5.16 Å². The third-order valence-corrected chi connectivity index (χ3v) is 2.34. The van der Waals surface area contributed by atoms with Gasteiger partial charge in [-0.2, -0.15) is 0 Å². The van der Waals surface area contributed by atoms with Gasteiger partial charge >= 0.3 is 0 Å². The number of carbonyl (C=O) groups is 1. The van der Waals surface area contributed by atoms with Crippen molar-refractivity contribution in [3.05, 3.63) is 0 Å². The van der Waals surface area contributed by atoms with E-state index in [1.54, 1.807) is 0 Å². The Balaban J connectivity index is 2.17. The van der Waals surface area contributed by atoms with Crippen molar-refractivity contribution in [1.82, 2.24) is 5.32 Å². The fourth-order valence-corrected chi connectivity index (χ4v) is 1.46. The van der Waals surface area contributed by atoms with Crippen LogP contribution in [0.3, 0.4) is 0 Å². The zero-order valence-corrected chi connectivity index (χ0v) is 8.61. The van der Waals surface area contributed by atoms with Crippen LogP contribution in [0.25, 0.3) is 0 Å². The molecule has 1 rings (SSSR count). The molecule has 15 heavy (non-hydrogen) atoms. The largest absolute Gasteiger partial charge is 0.409 e. The topological polar surface area (TPSA) is 96.9 Å². The van der Waals surface area contributed by atoms with Crippen LogP contribution in [-0.2, 0) is 9.53 Å². The van der Waals surface area contributed by atoms with Crippen molar-refractivity contribution in [3.8, 4) is 0 Å². The van der Waals surface area contributed by atoms with Crippen LogP contribution in [0.1, 0.15) is 19.3 Å². The van der Waals surface area contributed by atoms with Crippen LogP contribution in [-0.4, -0.2) is 36.7 Å². The van der Waals surface area contributed by atoms with E-state index in [-0.39, 0.29) is 17.7 Å². The van der Waals surface area contributed by atoms with E-state index in [9.17, 15) is 4.79 Å². The summed E-state index contributed by atoms with van der Waals surface area (Å²) in [5.74, 6) is 0.0571. The first-order valence-corrected chi connectivity index (χ1v) is 5.06. The zero-order chi connectivity index (χ0) is 11.1. The molecule has 0 spiro atoms. The first kappa shape index (κ1) is 11.8. The summed E-state index contributed by atoms with van der Waals surface area (Å²) in [6, 6.07) is 0. The molecule has 0 radical (unpaired) electrons. The number of rotatable bonds is 4. The molecule has 1 fully saturated rings. The molecule has 0 aromatic heterocycles. The van der Waals surface area contributed by atoms with Crippen molar-refractivity contribution in [3.63, 3.8) is 0 Å². The monoisotopic (exact) mass is 215 g/mol. The van der Waals surface area contributed by atoms with E-state index in [1.807, 2.05) is 0 Å². The van der Waals surface area contributed by atoms with Crippen molar-refractivity contribution < 1.29 is 14.7 Å². The van der Waals surface area contributed by atoms with Gasteiger partial charge in [-0.25, -0.2) is 0 Å². The second kappa shape index (κ2) is 6.23. The minimum Gasteiger partial charge on any atom is -0.409 e. The highest BCUT2D eigenvalue weighted by atomic mass is 16.5. The molecule has 0 aliphatic carbocycles. The maximum absolute atomic E-state index is 11.5. The molecule has 1 atom stereocenters. The van der Waals surface area contributed by atoms with E-state index in [0.29, 0.717) is 19.6 Å². The predicted octanol–water partition coefficient (Wildman–Crippen LogP) is -0.334. The van der Waals surface area contributed by atoms with Crippen molar-refractivity contribution in [2.24, 2.45) is 16.8 Å². The summed E-state index contributed by atoms with van der Waals surface area (Å²) in [6.45, 7) is 1.63. The number of nitrogens with one attached hydrogen (secondary N) is 1. The number of carbonyl (C=O) groups excluding carboxylic acids is 1. The van der Waals surface area contributed by atoms with Gasteiger partial charge in [0.1, 0.15) is 5.84 Å². The van der Waals surface area contributed by atoms with Crippen LogP contribution < -0.4 is 11.1 Å². The van der Waals surface area contributed by atoms with E-state index in [0.717, 1.165) is 19.4 Å². The fourth-order valence-electron chi connectivity index (χ4n) is 1.46. The number of amidine groups is 1. The Bertz CT molecular complexity index is 237. The molecule has 0 bridgehead atoms. The summed E-state index contributed by atoms with van der Waals surface area (Å²) in [6.07, 6.45) is 2.16. The summed E-state index contributed by atoms with van der Waals surface area (Å²) in [5, 5.41) is 13.8. The first-order valence-electron chi connectivity index (χ1n) is 5.06. The summed E-state index contributed by atoms with van der Waals surface area (Å²) in [7, 11) is 0. The van der Waals surface area contributed by atoms with E-state index < -0.39 is 0 Å². The highest BCUT2D eigenvalue weighted by Crippen LogP contribution is 2.13. The lowest BCUT2D eigenvalue weighted by Crippen LogP contribution is -2.37. The Labute approximate surface area is 88.5 Å². The third-order valence-electron chi connectivity index (χ3n) is 2.34. The summed E-state index contributed by atoms with van der Waals surface area (Å²) < 4.78 is 5.20. The molecule has 0 aromatic carbocycles. The lowest BCUT2D eigenvalue weighted by atomic mass is 10.0. The number of ether oxygens (including phenoxy) is 1. The SMILES string of the molecule is NC(CCNC(=O)C1CCCOC1)=NO. The van der Waals surface area contributed by atoms with Crippen molar-refractivity contribution in [1.29, 1.82) is 0 Å². The number of hydrogen-bond donors (Lipinski definition) is 3. The van der Waals surface area contributed by atoms with E-state index in [1.165, 1.54) is 0 Å². The average molecular weight is 215 g/mol. The van der Waals surface area contributed by atoms with Gasteiger partial charge < -0.3 is 21.0 Å². The van der Waals surface area contributed by atoms with Gasteiger partial charge in [0.2, 0.25) is 5.91 Å². The van der Waals surface area contributed by atoms with Gasteiger partial charge in [-0.1, -0.05) is 5.16 Å². The Hall–Kier alpha value is -1.30. The minimum atomic E-state index is -0.0500. The summed E-state index contributed by atoms with van der Waals surface area (Å²) in [5.41, 5.74) is 5.26. The predicted molar refractivity (Wildman–Crippen MR) is 54.6 cm³/mol. The molecule has 4 N–H and O–H groups in total. The first-order chi connectivity index (χ1) is 7.24. The third kappa shape index (κ3) is 4.16. The van der Waals surface area contributed by atoms with Crippen LogP contribution in [0.2, 0.25) is 0 Å². The molecular formula is C9H17N3O3. The van der Waals surface area contributed by atoms with Gasteiger partial charge in [-0.05, 0) is 12.8 Å². The number of amides is 1. The highest BCUT2D eigenvalue weighted by Gasteiger charge is 2.21. The number of nitrogens with zero attached hydrogens (tertiary/aromatic N) is 1. The van der Waals surface area contributed by atoms with Crippen molar-refractivity contribution in [2.45, 2.75) is 19.3 Å². The van der Waals surface area contributed by atoms with Gasteiger partial charge in [-0.15, -0.1) is 0 Å². The molecule has 1 aliphatic heterocycles. The molecule has 1 heterocycles. The van der Waals surface area contributed by atoms with Crippen LogP contribution in [0.4, 0.5) is 0 Å². The van der Waals surface area contributed by atoms with Gasteiger partial charge in [0.25, 0.3) is 0 Å². The molecule has 1 aliphatic rings. The van der Waals surface area contributed by atoms with E-state index in [4.69, 9.17) is 15.7 Å². The van der Waals surface area contributed by atoms with Gasteiger partial charge in [0, 0.05) is 19.6 Å². The van der Waals surface area contributed by atoms with Crippen molar-refractivity contribution >= 4 is 11.7 Å². The normalized spacial score (nSPS) is 22.4. The Morgan fingerprint density at radius 1 is 1.67 bits per heavy atom. The molecule has 1 saturated heterocycles. The van der Waals surface area contributed by atoms with E-state index >= 15 is 0 Å². The lowest BCUT2D eigenvalue weighted by Gasteiger charge is -2.21. The van der Waals surface area contributed by atoms with Crippen molar-refractivity contribution in [2.75, 3.05) is 19.8 Å². The number of hydrogen-bond acceptors (Lipinski definition) is 4. The summed E-state index contributed by atoms with van der Waals surface area (Å²) in [4.78, 5) is 11.5. The molecule has 1 amide bonds. The number of nitrogens with two attached hydrogens (primary N) is 1. The van der Waals surface area contributed by atoms with Gasteiger partial charge in [0.05, 0.1) is 12.5 Å². The Morgan fingerprint density at radius 2 is 2.47 bits per heavy atom. The fraction of sp³-hybridized carbons (Fsp3) is 0.778. The molecule has 0 aromatic rings. The standard InChI is InChI=1S/C9H17N3O3/c10-8(12-14)3-4-11-9(13)7-2-1-5-15-6-7/h7,14H,1-6H2,(H2,10,12)(H,11,13). The maximum Gasteiger partial charge on any atom is 0.225 e. The molecular weight excluding hydrogens is 198 g/mol. The average Bonchev–Trinajstić information content (AvgIpc) is 2.29. The molecule has 1 unspecified atom stereocenters. The smallest absolute Gasteiger partial charge is 0.225 e. The number of oxime groups is 1. The molecule has 86 valence electrons. The van der Waals surface area contributed by atoms with Crippen LogP contribution >= 0.6 is 0 Å². The minimum absolute atomic E-state index is 0.0135. The maximum atomic E-state index is 11.5. The quantitative estimate of drug-likeness (QED) is 0.259. The van der Waals surface area contributed by atoms with Gasteiger partial charge in [-0.3, -0.25) is 4.79 Å². The Morgan fingerprint density at radius 3 is 3.07 bits per heavy atom. The molecule has 0 saturated carbocycles.